The quantitative estimate of drug-likeness (QED) is 0.565. The molecule has 0 radical (unpaired) electrons. The zero-order valence-corrected chi connectivity index (χ0v) is 6.21. The summed E-state index contributed by atoms with van der Waals surface area (Å²) in [4.78, 5) is 10.0. The maximum absolute atomic E-state index is 10.0. The SMILES string of the molecule is CC1(O)CCC(N=O)CC1. The number of nitrogens with zero attached hydrogens (tertiary/aromatic N) is 1. The fraction of sp³-hybridized carbons (Fsp3) is 1.00. The molecule has 10 heavy (non-hydrogen) atoms. The molecule has 1 aliphatic rings. The second-order valence-electron chi connectivity index (χ2n) is 3.33. The van der Waals surface area contributed by atoms with Crippen molar-refractivity contribution in [1.82, 2.24) is 0 Å². The Balaban J connectivity index is 2.38. The van der Waals surface area contributed by atoms with Gasteiger partial charge in [0.2, 0.25) is 0 Å². The van der Waals surface area contributed by atoms with Gasteiger partial charge in [0.05, 0.1) is 11.6 Å². The molecule has 1 N–H and O–H groups in total. The lowest BCUT2D eigenvalue weighted by atomic mass is 9.84. The van der Waals surface area contributed by atoms with Crippen molar-refractivity contribution >= 4 is 0 Å². The third-order valence-corrected chi connectivity index (χ3v) is 2.18. The Bertz CT molecular complexity index is 124. The van der Waals surface area contributed by atoms with Gasteiger partial charge in [0.1, 0.15) is 0 Å². The van der Waals surface area contributed by atoms with E-state index in [-0.39, 0.29) is 6.04 Å². The minimum atomic E-state index is -0.540. The summed E-state index contributed by atoms with van der Waals surface area (Å²) in [6, 6.07) is -0.0415. The van der Waals surface area contributed by atoms with Gasteiger partial charge in [-0.2, -0.15) is 4.91 Å². The average Bonchev–Trinajstić information content (AvgIpc) is 1.88. The molecular formula is C7H13NO2. The monoisotopic (exact) mass is 143 g/mol. The van der Waals surface area contributed by atoms with E-state index in [1.165, 1.54) is 0 Å². The van der Waals surface area contributed by atoms with Gasteiger partial charge in [-0.25, -0.2) is 0 Å². The molecule has 0 bridgehead atoms. The second kappa shape index (κ2) is 2.66. The fourth-order valence-corrected chi connectivity index (χ4v) is 1.33. The maximum atomic E-state index is 10.0. The molecule has 3 nitrogen and oxygen atoms in total. The molecule has 1 saturated carbocycles. The van der Waals surface area contributed by atoms with Gasteiger partial charge in [-0.15, -0.1) is 0 Å². The third-order valence-electron chi connectivity index (χ3n) is 2.18. The number of aliphatic hydroxyl groups is 1. The predicted molar refractivity (Wildman–Crippen MR) is 38.7 cm³/mol. The van der Waals surface area contributed by atoms with Crippen LogP contribution in [0.1, 0.15) is 32.6 Å². The molecule has 1 fully saturated rings. The van der Waals surface area contributed by atoms with Gasteiger partial charge in [-0.1, -0.05) is 5.18 Å². The summed E-state index contributed by atoms with van der Waals surface area (Å²) in [5.41, 5.74) is -0.540. The Hall–Kier alpha value is -0.440. The molecule has 0 aromatic heterocycles. The Kier molecular flexibility index (Phi) is 2.04. The molecule has 0 aromatic carbocycles. The van der Waals surface area contributed by atoms with E-state index in [4.69, 9.17) is 0 Å². The van der Waals surface area contributed by atoms with Crippen LogP contribution in [0, 0.1) is 4.91 Å². The third kappa shape index (κ3) is 1.77. The number of hydrogen-bond acceptors (Lipinski definition) is 3. The average molecular weight is 143 g/mol. The highest BCUT2D eigenvalue weighted by atomic mass is 16.3. The van der Waals surface area contributed by atoms with Crippen LogP contribution >= 0.6 is 0 Å². The Morgan fingerprint density at radius 1 is 1.50 bits per heavy atom. The first-order chi connectivity index (χ1) is 4.64. The summed E-state index contributed by atoms with van der Waals surface area (Å²) >= 11 is 0. The highest BCUT2D eigenvalue weighted by molar-refractivity contribution is 4.84. The summed E-state index contributed by atoms with van der Waals surface area (Å²) < 4.78 is 0. The highest BCUT2D eigenvalue weighted by Crippen LogP contribution is 2.28. The predicted octanol–water partition coefficient (Wildman–Crippen LogP) is 1.45. The number of rotatable bonds is 1. The van der Waals surface area contributed by atoms with E-state index >= 15 is 0 Å². The van der Waals surface area contributed by atoms with Crippen molar-refractivity contribution in [3.8, 4) is 0 Å². The molecule has 58 valence electrons. The summed E-state index contributed by atoms with van der Waals surface area (Å²) in [5, 5.41) is 12.4. The van der Waals surface area contributed by atoms with Crippen LogP contribution in [0.15, 0.2) is 5.18 Å². The summed E-state index contributed by atoms with van der Waals surface area (Å²) in [6.07, 6.45) is 2.92. The Labute approximate surface area is 60.4 Å². The highest BCUT2D eigenvalue weighted by Gasteiger charge is 2.28. The lowest BCUT2D eigenvalue weighted by Crippen LogP contribution is -2.31. The molecule has 3 heteroatoms. The zero-order chi connectivity index (χ0) is 7.61. The van der Waals surface area contributed by atoms with Crippen LogP contribution in [0.3, 0.4) is 0 Å². The zero-order valence-electron chi connectivity index (χ0n) is 6.21. The van der Waals surface area contributed by atoms with Crippen molar-refractivity contribution in [3.63, 3.8) is 0 Å². The first-order valence-corrected chi connectivity index (χ1v) is 3.69. The van der Waals surface area contributed by atoms with E-state index in [2.05, 4.69) is 5.18 Å². The van der Waals surface area contributed by atoms with Gasteiger partial charge in [-0.05, 0) is 32.6 Å². The van der Waals surface area contributed by atoms with E-state index in [0.29, 0.717) is 12.8 Å². The van der Waals surface area contributed by atoms with Crippen molar-refractivity contribution < 1.29 is 5.11 Å². The summed E-state index contributed by atoms with van der Waals surface area (Å²) in [5.74, 6) is 0. The maximum Gasteiger partial charge on any atom is 0.0921 e. The van der Waals surface area contributed by atoms with Gasteiger partial charge in [0.25, 0.3) is 0 Å². The van der Waals surface area contributed by atoms with Crippen LogP contribution in [-0.4, -0.2) is 16.7 Å². The normalized spacial score (nSPS) is 41.2. The van der Waals surface area contributed by atoms with Crippen molar-refractivity contribution in [2.24, 2.45) is 5.18 Å². The minimum absolute atomic E-state index is 0.0415. The smallest absolute Gasteiger partial charge is 0.0921 e. The fourth-order valence-electron chi connectivity index (χ4n) is 1.33. The van der Waals surface area contributed by atoms with E-state index in [1.807, 2.05) is 6.92 Å². The molecule has 0 aromatic rings. The molecule has 0 aliphatic heterocycles. The van der Waals surface area contributed by atoms with Gasteiger partial charge in [0.15, 0.2) is 0 Å². The summed E-state index contributed by atoms with van der Waals surface area (Å²) in [7, 11) is 0. The van der Waals surface area contributed by atoms with Gasteiger partial charge < -0.3 is 5.11 Å². The topological polar surface area (TPSA) is 49.7 Å². The van der Waals surface area contributed by atoms with Crippen LogP contribution in [0.5, 0.6) is 0 Å². The molecule has 1 rings (SSSR count). The van der Waals surface area contributed by atoms with Gasteiger partial charge in [-0.3, -0.25) is 0 Å². The first kappa shape index (κ1) is 7.66. The lowest BCUT2D eigenvalue weighted by molar-refractivity contribution is 0.0179. The van der Waals surface area contributed by atoms with Crippen LogP contribution in [0.4, 0.5) is 0 Å². The molecule has 0 saturated heterocycles. The van der Waals surface area contributed by atoms with Crippen LogP contribution in [-0.2, 0) is 0 Å². The minimum Gasteiger partial charge on any atom is -0.390 e. The van der Waals surface area contributed by atoms with Gasteiger partial charge in [0, 0.05) is 0 Å². The van der Waals surface area contributed by atoms with Crippen LogP contribution < -0.4 is 0 Å². The first-order valence-electron chi connectivity index (χ1n) is 3.69. The van der Waals surface area contributed by atoms with E-state index in [0.717, 1.165) is 12.8 Å². The van der Waals surface area contributed by atoms with Crippen molar-refractivity contribution in [2.75, 3.05) is 0 Å². The molecular weight excluding hydrogens is 130 g/mol. The van der Waals surface area contributed by atoms with Gasteiger partial charge >= 0.3 is 0 Å². The molecule has 0 atom stereocenters. The van der Waals surface area contributed by atoms with Crippen LogP contribution in [0.25, 0.3) is 0 Å². The molecule has 0 heterocycles. The van der Waals surface area contributed by atoms with Crippen LogP contribution in [0.2, 0.25) is 0 Å². The number of nitroso groups, excluding NO2 is 1. The molecule has 0 spiro atoms. The Morgan fingerprint density at radius 2 is 2.00 bits per heavy atom. The number of hydrogen-bond donors (Lipinski definition) is 1. The van der Waals surface area contributed by atoms with Crippen molar-refractivity contribution in [2.45, 2.75) is 44.2 Å². The van der Waals surface area contributed by atoms with E-state index in [1.54, 1.807) is 0 Å². The molecule has 0 amide bonds. The Morgan fingerprint density at radius 3 is 2.40 bits per heavy atom. The second-order valence-corrected chi connectivity index (χ2v) is 3.33. The molecule has 0 unspecified atom stereocenters. The van der Waals surface area contributed by atoms with E-state index < -0.39 is 5.60 Å². The van der Waals surface area contributed by atoms with Crippen molar-refractivity contribution in [3.05, 3.63) is 4.91 Å². The van der Waals surface area contributed by atoms with Crippen molar-refractivity contribution in [1.29, 1.82) is 0 Å². The summed E-state index contributed by atoms with van der Waals surface area (Å²) in [6.45, 7) is 1.81. The van der Waals surface area contributed by atoms with E-state index in [9.17, 15) is 10.0 Å². The lowest BCUT2D eigenvalue weighted by Gasteiger charge is -2.29. The molecule has 1 aliphatic carbocycles. The largest absolute Gasteiger partial charge is 0.390 e. The standard InChI is InChI=1S/C7H13NO2/c1-7(9)4-2-6(8-10)3-5-7/h6,9H,2-5H2,1H3.